The second-order valence-corrected chi connectivity index (χ2v) is 10.2. The van der Waals surface area contributed by atoms with Crippen LogP contribution in [0.15, 0.2) is 24.3 Å². The summed E-state index contributed by atoms with van der Waals surface area (Å²) in [4.78, 5) is 21.6. The van der Waals surface area contributed by atoms with E-state index in [1.54, 1.807) is 11.3 Å². The Morgan fingerprint density at radius 2 is 1.96 bits per heavy atom. The number of nitrogens with zero attached hydrogens (tertiary/aromatic N) is 3. The Kier molecular flexibility index (Phi) is 6.61. The molecule has 1 amide bonds. The molecule has 0 unspecified atom stereocenters. The van der Waals surface area contributed by atoms with Crippen molar-refractivity contribution in [3.05, 3.63) is 29.3 Å². The van der Waals surface area contributed by atoms with Crippen LogP contribution in [0.5, 0.6) is 0 Å². The Labute approximate surface area is 172 Å². The molecule has 1 aromatic heterocycles. The van der Waals surface area contributed by atoms with Crippen LogP contribution in [-0.4, -0.2) is 52.2 Å². The van der Waals surface area contributed by atoms with Gasteiger partial charge in [-0.2, -0.15) is 0 Å². The summed E-state index contributed by atoms with van der Waals surface area (Å²) in [6.07, 6.45) is 1.78. The Morgan fingerprint density at radius 3 is 2.57 bits per heavy atom. The molecule has 1 aliphatic heterocycles. The molecule has 0 saturated carbocycles. The van der Waals surface area contributed by atoms with Crippen LogP contribution in [0.1, 0.15) is 52.5 Å². The van der Waals surface area contributed by atoms with Crippen molar-refractivity contribution >= 4 is 27.6 Å². The number of rotatable bonds is 5. The van der Waals surface area contributed by atoms with Crippen molar-refractivity contribution < 1.29 is 9.53 Å². The lowest BCUT2D eigenvalue weighted by atomic mass is 10.0. The highest BCUT2D eigenvalue weighted by Gasteiger charge is 2.30. The van der Waals surface area contributed by atoms with Gasteiger partial charge in [-0.3, -0.25) is 4.90 Å². The van der Waals surface area contributed by atoms with Gasteiger partial charge in [0.1, 0.15) is 10.6 Å². The summed E-state index contributed by atoms with van der Waals surface area (Å²) < 4.78 is 6.78. The number of thiazole rings is 1. The molecule has 1 aromatic carbocycles. The zero-order valence-electron chi connectivity index (χ0n) is 17.8. The summed E-state index contributed by atoms with van der Waals surface area (Å²) in [6, 6.07) is 8.82. The zero-order valence-corrected chi connectivity index (χ0v) is 18.6. The lowest BCUT2D eigenvalue weighted by Gasteiger charge is -2.39. The number of carbonyl (C=O) groups is 1. The molecule has 0 radical (unpaired) electrons. The summed E-state index contributed by atoms with van der Waals surface area (Å²) in [5.74, 6) is 0.596. The molecule has 1 aliphatic rings. The molecule has 1 saturated heterocycles. The minimum atomic E-state index is -0.440. The number of amides is 1. The highest BCUT2D eigenvalue weighted by Crippen LogP contribution is 2.26. The van der Waals surface area contributed by atoms with Crippen LogP contribution in [0.4, 0.5) is 4.79 Å². The first-order chi connectivity index (χ1) is 13.2. The molecule has 1 fully saturated rings. The van der Waals surface area contributed by atoms with Crippen molar-refractivity contribution in [3.8, 4) is 0 Å². The molecule has 0 aliphatic carbocycles. The Morgan fingerprint density at radius 1 is 1.29 bits per heavy atom. The fourth-order valence-corrected chi connectivity index (χ4v) is 4.71. The smallest absolute Gasteiger partial charge is 0.410 e. The number of ether oxygens (including phenoxy) is 1. The van der Waals surface area contributed by atoms with E-state index in [2.05, 4.69) is 36.9 Å². The van der Waals surface area contributed by atoms with E-state index >= 15 is 0 Å². The van der Waals surface area contributed by atoms with E-state index in [9.17, 15) is 4.79 Å². The summed E-state index contributed by atoms with van der Waals surface area (Å²) >= 11 is 1.79. The molecule has 5 nitrogen and oxygen atoms in total. The maximum Gasteiger partial charge on any atom is 0.410 e. The van der Waals surface area contributed by atoms with Gasteiger partial charge in [-0.15, -0.1) is 11.3 Å². The number of piperidine rings is 1. The summed E-state index contributed by atoms with van der Waals surface area (Å²) in [5, 5.41) is 1.18. The molecule has 6 heteroatoms. The predicted octanol–water partition coefficient (Wildman–Crippen LogP) is 5.15. The molecule has 2 aromatic rings. The third-order valence-corrected chi connectivity index (χ3v) is 5.93. The minimum absolute atomic E-state index is 0.187. The number of fused-ring (bicyclic) bond motifs is 1. The SMILES string of the molecule is CC(C)CN(Cc1nc2ccccc2s1)C1CCN(C(=O)OC(C)(C)C)CC1. The average molecular weight is 404 g/mol. The Hall–Kier alpha value is -1.66. The van der Waals surface area contributed by atoms with Crippen molar-refractivity contribution in [3.63, 3.8) is 0 Å². The molecule has 2 heterocycles. The van der Waals surface area contributed by atoms with Crippen LogP contribution in [-0.2, 0) is 11.3 Å². The molecule has 3 rings (SSSR count). The van der Waals surface area contributed by atoms with Gasteiger partial charge in [-0.25, -0.2) is 9.78 Å². The van der Waals surface area contributed by atoms with Gasteiger partial charge < -0.3 is 9.64 Å². The number of carbonyl (C=O) groups excluding carboxylic acids is 1. The van der Waals surface area contributed by atoms with E-state index < -0.39 is 5.60 Å². The van der Waals surface area contributed by atoms with Crippen molar-refractivity contribution in [1.29, 1.82) is 0 Å². The van der Waals surface area contributed by atoms with Gasteiger partial charge in [0.25, 0.3) is 0 Å². The van der Waals surface area contributed by atoms with Gasteiger partial charge in [-0.1, -0.05) is 26.0 Å². The molecule has 0 spiro atoms. The number of hydrogen-bond acceptors (Lipinski definition) is 5. The van der Waals surface area contributed by atoms with E-state index in [1.807, 2.05) is 31.7 Å². The first kappa shape index (κ1) is 21.1. The number of para-hydroxylation sites is 1. The monoisotopic (exact) mass is 403 g/mol. The summed E-state index contributed by atoms with van der Waals surface area (Å²) in [6.45, 7) is 13.7. The second-order valence-electron chi connectivity index (χ2n) is 9.10. The zero-order chi connectivity index (χ0) is 20.3. The van der Waals surface area contributed by atoms with Crippen LogP contribution in [0.25, 0.3) is 10.2 Å². The lowest BCUT2D eigenvalue weighted by Crippen LogP contribution is -2.48. The molecular weight excluding hydrogens is 370 g/mol. The maximum atomic E-state index is 12.3. The molecule has 28 heavy (non-hydrogen) atoms. The van der Waals surface area contributed by atoms with Crippen molar-refractivity contribution in [2.75, 3.05) is 19.6 Å². The van der Waals surface area contributed by atoms with E-state index in [-0.39, 0.29) is 6.09 Å². The van der Waals surface area contributed by atoms with Crippen LogP contribution in [0.2, 0.25) is 0 Å². The summed E-state index contributed by atoms with van der Waals surface area (Å²) in [7, 11) is 0. The van der Waals surface area contributed by atoms with Crippen LogP contribution in [0, 0.1) is 5.92 Å². The van der Waals surface area contributed by atoms with Crippen LogP contribution >= 0.6 is 11.3 Å². The van der Waals surface area contributed by atoms with Crippen molar-refractivity contribution in [2.45, 2.75) is 65.6 Å². The van der Waals surface area contributed by atoms with E-state index in [0.717, 1.165) is 44.5 Å². The predicted molar refractivity (Wildman–Crippen MR) is 116 cm³/mol. The molecule has 154 valence electrons. The largest absolute Gasteiger partial charge is 0.444 e. The van der Waals surface area contributed by atoms with E-state index in [0.29, 0.717) is 12.0 Å². The highest BCUT2D eigenvalue weighted by atomic mass is 32.1. The Bertz CT molecular complexity index is 755. The number of hydrogen-bond donors (Lipinski definition) is 0. The number of likely N-dealkylation sites (tertiary alicyclic amines) is 1. The van der Waals surface area contributed by atoms with Gasteiger partial charge in [0.2, 0.25) is 0 Å². The molecule has 0 bridgehead atoms. The van der Waals surface area contributed by atoms with Gasteiger partial charge in [0, 0.05) is 25.7 Å². The quantitative estimate of drug-likeness (QED) is 0.692. The lowest BCUT2D eigenvalue weighted by molar-refractivity contribution is 0.0129. The van der Waals surface area contributed by atoms with E-state index in [1.165, 1.54) is 9.71 Å². The normalized spacial score (nSPS) is 16.3. The fraction of sp³-hybridized carbons (Fsp3) is 0.636. The van der Waals surface area contributed by atoms with E-state index in [4.69, 9.17) is 9.72 Å². The second kappa shape index (κ2) is 8.78. The average Bonchev–Trinajstić information content (AvgIpc) is 3.02. The third-order valence-electron chi connectivity index (χ3n) is 4.91. The first-order valence-corrected chi connectivity index (χ1v) is 11.1. The van der Waals surface area contributed by atoms with Crippen molar-refractivity contribution in [1.82, 2.24) is 14.8 Å². The van der Waals surface area contributed by atoms with Crippen LogP contribution < -0.4 is 0 Å². The van der Waals surface area contributed by atoms with Gasteiger partial charge in [-0.05, 0) is 51.7 Å². The Balaban J connectivity index is 1.63. The standard InChI is InChI=1S/C22H33N3O2S/c1-16(2)14-25(15-20-23-18-8-6-7-9-19(18)28-20)17-10-12-24(13-11-17)21(26)27-22(3,4)5/h6-9,16-17H,10-15H2,1-5H3. The fourth-order valence-electron chi connectivity index (χ4n) is 3.71. The van der Waals surface area contributed by atoms with Crippen LogP contribution in [0.3, 0.4) is 0 Å². The maximum absolute atomic E-state index is 12.3. The number of benzene rings is 1. The summed E-state index contributed by atoms with van der Waals surface area (Å²) in [5.41, 5.74) is 0.650. The topological polar surface area (TPSA) is 45.7 Å². The molecule has 0 N–H and O–H groups in total. The van der Waals surface area contributed by atoms with Gasteiger partial charge >= 0.3 is 6.09 Å². The highest BCUT2D eigenvalue weighted by molar-refractivity contribution is 7.18. The molecule has 0 atom stereocenters. The van der Waals surface area contributed by atoms with Gasteiger partial charge in [0.15, 0.2) is 0 Å². The van der Waals surface area contributed by atoms with Gasteiger partial charge in [0.05, 0.1) is 16.8 Å². The van der Waals surface area contributed by atoms with Crippen molar-refractivity contribution in [2.24, 2.45) is 5.92 Å². The molecular formula is C22H33N3O2S. The minimum Gasteiger partial charge on any atom is -0.444 e. The third kappa shape index (κ3) is 5.67. The number of aromatic nitrogens is 1. The first-order valence-electron chi connectivity index (χ1n) is 10.3.